The molecule has 55 heavy (non-hydrogen) atoms. The van der Waals surface area contributed by atoms with Crippen LogP contribution in [0.15, 0.2) is 0 Å². The molecule has 14 nitrogen and oxygen atoms in total. The second-order valence-electron chi connectivity index (χ2n) is 20.8. The van der Waals surface area contributed by atoms with Crippen LogP contribution in [0.3, 0.4) is 0 Å². The lowest BCUT2D eigenvalue weighted by atomic mass is 9.34. The number of ether oxygens (including phenoxy) is 5. The van der Waals surface area contributed by atoms with Crippen molar-refractivity contribution in [3.63, 3.8) is 0 Å². The van der Waals surface area contributed by atoms with Gasteiger partial charge in [0.2, 0.25) is 0 Å². The zero-order chi connectivity index (χ0) is 40.4. The Kier molecular flexibility index (Phi) is 11.1. The van der Waals surface area contributed by atoms with Gasteiger partial charge in [-0.15, -0.1) is 0 Å². The van der Waals surface area contributed by atoms with Crippen LogP contribution in [0.5, 0.6) is 0 Å². The van der Waals surface area contributed by atoms with E-state index in [-0.39, 0.29) is 41.8 Å². The maximum absolute atomic E-state index is 12.4. The van der Waals surface area contributed by atoms with Crippen molar-refractivity contribution in [1.82, 2.24) is 0 Å². The third-order valence-corrected chi connectivity index (χ3v) is 17.0. The molecular weight excluding hydrogens is 716 g/mol. The monoisotopic (exact) mass is 786 g/mol. The SMILES string of the molecule is CC(C)(O)[C@H]1CC[C@@](C)([C@H]2CC[C@]3(C)[C@@H]2[C@H](O)C[C@@H]2[C@]4(C)CC[C@@H](O)C(C)(C)[C@H]4[C@@H](O[C@@H]4O[C@H](CO)[C@@H](O)[C@H](O)[C@H]4O[C@@H]4OC[C@@H](O)[C@H](O)[C@H]4O)C[C@]23C)O1. The topological polar surface area (TPSA) is 228 Å². The highest BCUT2D eigenvalue weighted by atomic mass is 16.8. The number of hydrogen-bond acceptors (Lipinski definition) is 14. The highest BCUT2D eigenvalue weighted by Crippen LogP contribution is 2.76. The smallest absolute Gasteiger partial charge is 0.187 e. The second-order valence-corrected chi connectivity index (χ2v) is 20.8. The highest BCUT2D eigenvalue weighted by molar-refractivity contribution is 5.22. The molecule has 0 aromatic carbocycles. The Balaban J connectivity index is 1.25. The lowest BCUT2D eigenvalue weighted by Gasteiger charge is -2.72. The molecule has 7 rings (SSSR count). The van der Waals surface area contributed by atoms with Gasteiger partial charge in [-0.3, -0.25) is 0 Å². The van der Waals surface area contributed by atoms with E-state index in [1.165, 1.54) is 0 Å². The summed E-state index contributed by atoms with van der Waals surface area (Å²) in [4.78, 5) is 0. The Morgan fingerprint density at radius 3 is 2.07 bits per heavy atom. The standard InChI is InChI=1S/C41H70O14/c1-36(2)25(45)10-12-38(5)24-15-20(43)27-19(41(8)14-11-26(55-41)37(3,4)50)9-13-39(27,6)40(24,7)16-22(33(36)38)52-35-32(30(48)29(47)23(17-42)53-35)54-34-31(49)28(46)21(44)18-51-34/h19-35,42-50H,9-18H2,1-8H3/t19-,20+,21+,22-,23+,24+,25+,26+,27-,28-,29+,30-,31+,32+,33+,34-,35+,38-,39+,40+,41-/m0/s1. The maximum atomic E-state index is 12.4. The molecule has 0 amide bonds. The van der Waals surface area contributed by atoms with Crippen LogP contribution in [0.25, 0.3) is 0 Å². The van der Waals surface area contributed by atoms with Gasteiger partial charge in [0.15, 0.2) is 12.6 Å². The van der Waals surface area contributed by atoms with Crippen molar-refractivity contribution >= 4 is 0 Å². The molecule has 7 fully saturated rings. The molecule has 14 heteroatoms. The predicted octanol–water partition coefficient (Wildman–Crippen LogP) is 0.970. The van der Waals surface area contributed by atoms with Gasteiger partial charge in [0.05, 0.1) is 48.8 Å². The number of aliphatic hydroxyl groups is 9. The Morgan fingerprint density at radius 2 is 1.44 bits per heavy atom. The molecule has 9 N–H and O–H groups in total. The summed E-state index contributed by atoms with van der Waals surface area (Å²) in [7, 11) is 0. The molecule has 4 saturated carbocycles. The van der Waals surface area contributed by atoms with Gasteiger partial charge in [0.25, 0.3) is 0 Å². The van der Waals surface area contributed by atoms with Crippen LogP contribution in [-0.2, 0) is 23.7 Å². The summed E-state index contributed by atoms with van der Waals surface area (Å²) in [5.74, 6) is -0.233. The van der Waals surface area contributed by atoms with Crippen LogP contribution in [0.4, 0.5) is 0 Å². The summed E-state index contributed by atoms with van der Waals surface area (Å²) < 4.78 is 31.6. The number of aliphatic hydroxyl groups excluding tert-OH is 8. The molecule has 0 radical (unpaired) electrons. The molecular formula is C41H70O14. The normalized spacial score (nSPS) is 56.8. The molecule has 0 aromatic heterocycles. The third kappa shape index (κ3) is 6.50. The Labute approximate surface area is 325 Å². The van der Waals surface area contributed by atoms with Crippen molar-refractivity contribution in [2.45, 2.75) is 198 Å². The predicted molar refractivity (Wildman–Crippen MR) is 196 cm³/mol. The van der Waals surface area contributed by atoms with E-state index in [1.807, 2.05) is 0 Å². The first-order valence-corrected chi connectivity index (χ1v) is 20.8. The van der Waals surface area contributed by atoms with Crippen LogP contribution >= 0.6 is 0 Å². The fourth-order valence-electron chi connectivity index (χ4n) is 13.9. The summed E-state index contributed by atoms with van der Waals surface area (Å²) in [6, 6.07) is 0. The maximum Gasteiger partial charge on any atom is 0.187 e. The molecule has 3 heterocycles. The summed E-state index contributed by atoms with van der Waals surface area (Å²) in [6.45, 7) is 15.8. The van der Waals surface area contributed by atoms with Crippen LogP contribution < -0.4 is 0 Å². The van der Waals surface area contributed by atoms with Gasteiger partial charge in [-0.1, -0.05) is 34.6 Å². The molecule has 0 aromatic rings. The molecule has 7 aliphatic rings. The van der Waals surface area contributed by atoms with Gasteiger partial charge >= 0.3 is 0 Å². The van der Waals surface area contributed by atoms with Crippen LogP contribution in [0, 0.1) is 45.3 Å². The first-order chi connectivity index (χ1) is 25.4. The van der Waals surface area contributed by atoms with E-state index in [2.05, 4.69) is 41.5 Å². The van der Waals surface area contributed by atoms with E-state index in [0.29, 0.717) is 25.7 Å². The van der Waals surface area contributed by atoms with Crippen LogP contribution in [0.2, 0.25) is 0 Å². The fourth-order valence-corrected chi connectivity index (χ4v) is 13.9. The van der Waals surface area contributed by atoms with Gasteiger partial charge in [0.1, 0.15) is 42.7 Å². The van der Waals surface area contributed by atoms with Crippen molar-refractivity contribution in [3.8, 4) is 0 Å². The number of hydrogen-bond donors (Lipinski definition) is 9. The quantitative estimate of drug-likeness (QED) is 0.164. The molecule has 0 unspecified atom stereocenters. The molecule has 318 valence electrons. The second kappa shape index (κ2) is 14.3. The minimum Gasteiger partial charge on any atom is -0.394 e. The highest BCUT2D eigenvalue weighted by Gasteiger charge is 2.74. The van der Waals surface area contributed by atoms with E-state index in [4.69, 9.17) is 23.7 Å². The molecule has 3 saturated heterocycles. The van der Waals surface area contributed by atoms with E-state index in [0.717, 1.165) is 25.7 Å². The lowest BCUT2D eigenvalue weighted by Crippen LogP contribution is -2.71. The average molecular weight is 787 g/mol. The van der Waals surface area contributed by atoms with Gasteiger partial charge < -0.3 is 69.6 Å². The lowest BCUT2D eigenvalue weighted by molar-refractivity contribution is -0.377. The zero-order valence-corrected chi connectivity index (χ0v) is 34.0. The minimum absolute atomic E-state index is 0.0590. The van der Waals surface area contributed by atoms with Gasteiger partial charge in [-0.05, 0) is 117 Å². The van der Waals surface area contributed by atoms with E-state index in [1.54, 1.807) is 13.8 Å². The van der Waals surface area contributed by atoms with Crippen LogP contribution in [-0.4, -0.2) is 150 Å². The number of fused-ring (bicyclic) bond motifs is 5. The van der Waals surface area contributed by atoms with E-state index >= 15 is 0 Å². The molecule has 0 spiro atoms. The van der Waals surface area contributed by atoms with E-state index < -0.39 is 108 Å². The first kappa shape index (κ1) is 42.6. The molecule has 21 atom stereocenters. The Hall–Kier alpha value is -0.560. The molecule has 0 bridgehead atoms. The molecule has 3 aliphatic heterocycles. The molecule has 4 aliphatic carbocycles. The summed E-state index contributed by atoms with van der Waals surface area (Å²) in [6.07, 6.45) is -9.89. The van der Waals surface area contributed by atoms with E-state index in [9.17, 15) is 46.0 Å². The van der Waals surface area contributed by atoms with Crippen molar-refractivity contribution < 1.29 is 69.6 Å². The first-order valence-electron chi connectivity index (χ1n) is 20.8. The zero-order valence-electron chi connectivity index (χ0n) is 34.0. The van der Waals surface area contributed by atoms with Crippen molar-refractivity contribution in [2.24, 2.45) is 45.3 Å². The van der Waals surface area contributed by atoms with Crippen molar-refractivity contribution in [3.05, 3.63) is 0 Å². The van der Waals surface area contributed by atoms with Crippen molar-refractivity contribution in [1.29, 1.82) is 0 Å². The summed E-state index contributed by atoms with van der Waals surface area (Å²) >= 11 is 0. The van der Waals surface area contributed by atoms with Gasteiger partial charge in [0, 0.05) is 0 Å². The third-order valence-electron chi connectivity index (χ3n) is 17.0. The van der Waals surface area contributed by atoms with Gasteiger partial charge in [-0.2, -0.15) is 0 Å². The van der Waals surface area contributed by atoms with Crippen LogP contribution in [0.1, 0.15) is 107 Å². The van der Waals surface area contributed by atoms with Crippen molar-refractivity contribution in [2.75, 3.05) is 13.2 Å². The summed E-state index contributed by atoms with van der Waals surface area (Å²) in [5, 5.41) is 98.7. The largest absolute Gasteiger partial charge is 0.394 e. The number of rotatable bonds is 7. The average Bonchev–Trinajstić information content (AvgIpc) is 3.70. The fraction of sp³-hybridized carbons (Fsp3) is 1.00. The Morgan fingerprint density at radius 1 is 0.745 bits per heavy atom. The minimum atomic E-state index is -1.68. The summed E-state index contributed by atoms with van der Waals surface area (Å²) in [5.41, 5.74) is -3.33. The Bertz CT molecular complexity index is 1390. The van der Waals surface area contributed by atoms with Gasteiger partial charge in [-0.25, -0.2) is 0 Å².